The molecule has 0 aliphatic rings. The van der Waals surface area contributed by atoms with Crippen LogP contribution in [0, 0.1) is 6.92 Å². The van der Waals surface area contributed by atoms with E-state index < -0.39 is 6.04 Å². The fourth-order valence-corrected chi connectivity index (χ4v) is 4.02. The molecule has 0 radical (unpaired) electrons. The van der Waals surface area contributed by atoms with Crippen molar-refractivity contribution < 1.29 is 9.59 Å². The molecule has 2 amide bonds. The van der Waals surface area contributed by atoms with E-state index >= 15 is 0 Å². The molecule has 1 atom stereocenters. The first kappa shape index (κ1) is 24.3. The summed E-state index contributed by atoms with van der Waals surface area (Å²) in [6.45, 7) is 6.98. The van der Waals surface area contributed by atoms with Crippen LogP contribution in [0.1, 0.15) is 44.2 Å². The summed E-state index contributed by atoms with van der Waals surface area (Å²) in [5, 5.41) is 3.65. The average molecular weight is 447 g/mol. The van der Waals surface area contributed by atoms with Gasteiger partial charge in [-0.3, -0.25) is 9.59 Å². The Hall–Kier alpha value is -1.98. The Morgan fingerprint density at radius 3 is 2.57 bits per heavy atom. The molecule has 0 spiro atoms. The predicted molar refractivity (Wildman–Crippen MR) is 126 cm³/mol. The molecular formula is C24H31ClN2O2S. The van der Waals surface area contributed by atoms with Crippen molar-refractivity contribution in [1.29, 1.82) is 0 Å². The fraction of sp³-hybridized carbons (Fsp3) is 0.417. The molecule has 4 nitrogen and oxygen atoms in total. The number of nitrogens with one attached hydrogen (secondary N) is 1. The highest BCUT2D eigenvalue weighted by atomic mass is 35.5. The Bertz CT molecular complexity index is 826. The molecule has 0 unspecified atom stereocenters. The highest BCUT2D eigenvalue weighted by Gasteiger charge is 2.25. The van der Waals surface area contributed by atoms with Gasteiger partial charge in [-0.1, -0.05) is 54.8 Å². The number of hydrogen-bond acceptors (Lipinski definition) is 3. The standard InChI is InChI=1S/C24H31ClN2O2S/c1-4-5-14-26-24(29)19(3)27(17-20-8-6-7-18(2)16-20)23(28)13-15-30-22-11-9-21(25)10-12-22/h6-12,16,19H,4-5,13-15,17H2,1-3H3,(H,26,29)/t19-/m0/s1. The van der Waals surface area contributed by atoms with Gasteiger partial charge in [0.15, 0.2) is 0 Å². The minimum absolute atomic E-state index is 0.0175. The molecule has 0 aliphatic heterocycles. The van der Waals surface area contributed by atoms with Crippen LogP contribution in [0.4, 0.5) is 0 Å². The summed E-state index contributed by atoms with van der Waals surface area (Å²) in [6, 6.07) is 15.1. The zero-order valence-corrected chi connectivity index (χ0v) is 19.6. The number of hydrogen-bond donors (Lipinski definition) is 1. The number of amides is 2. The second-order valence-corrected chi connectivity index (χ2v) is 8.99. The molecule has 0 bridgehead atoms. The lowest BCUT2D eigenvalue weighted by Crippen LogP contribution is -2.47. The zero-order chi connectivity index (χ0) is 21.9. The summed E-state index contributed by atoms with van der Waals surface area (Å²) in [5.74, 6) is 0.528. The monoisotopic (exact) mass is 446 g/mol. The Balaban J connectivity index is 2.03. The van der Waals surface area contributed by atoms with Gasteiger partial charge in [-0.2, -0.15) is 0 Å². The van der Waals surface area contributed by atoms with E-state index in [0.29, 0.717) is 30.3 Å². The van der Waals surface area contributed by atoms with Crippen LogP contribution in [-0.4, -0.2) is 35.1 Å². The van der Waals surface area contributed by atoms with Crippen LogP contribution >= 0.6 is 23.4 Å². The quantitative estimate of drug-likeness (QED) is 0.368. The number of unbranched alkanes of at least 4 members (excludes halogenated alkanes) is 1. The second kappa shape index (κ2) is 12.7. The van der Waals surface area contributed by atoms with Crippen molar-refractivity contribution in [1.82, 2.24) is 10.2 Å². The van der Waals surface area contributed by atoms with Gasteiger partial charge < -0.3 is 10.2 Å². The lowest BCUT2D eigenvalue weighted by atomic mass is 10.1. The molecule has 1 N–H and O–H groups in total. The third-order valence-corrected chi connectivity index (χ3v) is 6.10. The molecule has 0 heterocycles. The molecule has 0 saturated carbocycles. The molecule has 0 saturated heterocycles. The van der Waals surface area contributed by atoms with Crippen LogP contribution in [0.15, 0.2) is 53.4 Å². The van der Waals surface area contributed by atoms with Gasteiger partial charge in [0, 0.05) is 35.2 Å². The van der Waals surface area contributed by atoms with E-state index in [1.807, 2.05) is 49.4 Å². The fourth-order valence-electron chi connectivity index (χ4n) is 3.06. The first-order chi connectivity index (χ1) is 14.4. The second-order valence-electron chi connectivity index (χ2n) is 7.38. The highest BCUT2D eigenvalue weighted by Crippen LogP contribution is 2.22. The maximum atomic E-state index is 13.1. The molecule has 6 heteroatoms. The SMILES string of the molecule is CCCCNC(=O)[C@H](C)N(Cc1cccc(C)c1)C(=O)CCSc1ccc(Cl)cc1. The van der Waals surface area contributed by atoms with Crippen LogP contribution in [0.3, 0.4) is 0 Å². The van der Waals surface area contributed by atoms with Crippen LogP contribution in [0.2, 0.25) is 5.02 Å². The Labute approximate surface area is 189 Å². The topological polar surface area (TPSA) is 49.4 Å². The van der Waals surface area contributed by atoms with E-state index in [1.54, 1.807) is 23.6 Å². The van der Waals surface area contributed by atoms with Gasteiger partial charge in [-0.25, -0.2) is 0 Å². The lowest BCUT2D eigenvalue weighted by molar-refractivity contribution is -0.140. The van der Waals surface area contributed by atoms with Crippen molar-refractivity contribution in [3.05, 3.63) is 64.7 Å². The summed E-state index contributed by atoms with van der Waals surface area (Å²) in [4.78, 5) is 28.5. The number of carbonyl (C=O) groups excluding carboxylic acids is 2. The van der Waals surface area contributed by atoms with E-state index in [2.05, 4.69) is 18.3 Å². The first-order valence-corrected chi connectivity index (χ1v) is 11.8. The minimum atomic E-state index is -0.518. The van der Waals surface area contributed by atoms with E-state index in [-0.39, 0.29) is 11.8 Å². The number of aryl methyl sites for hydroxylation is 1. The average Bonchev–Trinajstić information content (AvgIpc) is 2.73. The Kier molecular flexibility index (Phi) is 10.2. The van der Waals surface area contributed by atoms with Crippen molar-refractivity contribution in [2.45, 2.75) is 57.5 Å². The van der Waals surface area contributed by atoms with Gasteiger partial charge >= 0.3 is 0 Å². The van der Waals surface area contributed by atoms with E-state index in [9.17, 15) is 9.59 Å². The van der Waals surface area contributed by atoms with Gasteiger partial charge in [0.1, 0.15) is 6.04 Å². The number of thioether (sulfide) groups is 1. The van der Waals surface area contributed by atoms with Crippen LogP contribution in [-0.2, 0) is 16.1 Å². The van der Waals surface area contributed by atoms with Gasteiger partial charge in [-0.05, 0) is 50.1 Å². The van der Waals surface area contributed by atoms with E-state index in [0.717, 1.165) is 28.9 Å². The molecule has 162 valence electrons. The van der Waals surface area contributed by atoms with Crippen LogP contribution in [0.25, 0.3) is 0 Å². The van der Waals surface area contributed by atoms with E-state index in [4.69, 9.17) is 11.6 Å². The third-order valence-electron chi connectivity index (χ3n) is 4.83. The van der Waals surface area contributed by atoms with Crippen LogP contribution in [0.5, 0.6) is 0 Å². The molecule has 2 rings (SSSR count). The van der Waals surface area contributed by atoms with Crippen molar-refractivity contribution in [2.75, 3.05) is 12.3 Å². The molecular weight excluding hydrogens is 416 g/mol. The van der Waals surface area contributed by atoms with Gasteiger partial charge in [0.2, 0.25) is 11.8 Å². The van der Waals surface area contributed by atoms with Crippen molar-refractivity contribution in [3.8, 4) is 0 Å². The maximum Gasteiger partial charge on any atom is 0.242 e. The number of nitrogens with zero attached hydrogens (tertiary/aromatic N) is 1. The molecule has 30 heavy (non-hydrogen) atoms. The number of benzene rings is 2. The maximum absolute atomic E-state index is 13.1. The molecule has 2 aromatic rings. The first-order valence-electron chi connectivity index (χ1n) is 10.4. The normalized spacial score (nSPS) is 11.7. The summed E-state index contributed by atoms with van der Waals surface area (Å²) in [7, 11) is 0. The summed E-state index contributed by atoms with van der Waals surface area (Å²) >= 11 is 7.54. The van der Waals surface area contributed by atoms with Crippen molar-refractivity contribution in [2.24, 2.45) is 0 Å². The number of carbonyl (C=O) groups is 2. The van der Waals surface area contributed by atoms with Crippen molar-refractivity contribution >= 4 is 35.2 Å². The third kappa shape index (κ3) is 8.04. The number of halogens is 1. The summed E-state index contributed by atoms with van der Waals surface area (Å²) in [5.41, 5.74) is 2.17. The largest absolute Gasteiger partial charge is 0.354 e. The van der Waals surface area contributed by atoms with Gasteiger partial charge in [0.25, 0.3) is 0 Å². The smallest absolute Gasteiger partial charge is 0.242 e. The zero-order valence-electron chi connectivity index (χ0n) is 18.0. The molecule has 0 aromatic heterocycles. The minimum Gasteiger partial charge on any atom is -0.354 e. The summed E-state index contributed by atoms with van der Waals surface area (Å²) < 4.78 is 0. The van der Waals surface area contributed by atoms with Gasteiger partial charge in [0.05, 0.1) is 0 Å². The van der Waals surface area contributed by atoms with Crippen LogP contribution < -0.4 is 5.32 Å². The Morgan fingerprint density at radius 1 is 1.17 bits per heavy atom. The highest BCUT2D eigenvalue weighted by molar-refractivity contribution is 7.99. The van der Waals surface area contributed by atoms with E-state index in [1.165, 1.54) is 0 Å². The molecule has 0 fully saturated rings. The summed E-state index contributed by atoms with van der Waals surface area (Å²) in [6.07, 6.45) is 2.32. The predicted octanol–water partition coefficient (Wildman–Crippen LogP) is 5.46. The lowest BCUT2D eigenvalue weighted by Gasteiger charge is -2.29. The Morgan fingerprint density at radius 2 is 1.90 bits per heavy atom. The molecule has 2 aromatic carbocycles. The molecule has 0 aliphatic carbocycles. The number of rotatable bonds is 11. The van der Waals surface area contributed by atoms with Gasteiger partial charge in [-0.15, -0.1) is 11.8 Å². The van der Waals surface area contributed by atoms with Crippen molar-refractivity contribution in [3.63, 3.8) is 0 Å².